The number of ether oxygens (including phenoxy) is 1. The highest BCUT2D eigenvalue weighted by Crippen LogP contribution is 2.33. The van der Waals surface area contributed by atoms with E-state index in [0.29, 0.717) is 5.56 Å². The summed E-state index contributed by atoms with van der Waals surface area (Å²) in [4.78, 5) is 49.2. The van der Waals surface area contributed by atoms with Gasteiger partial charge in [-0.25, -0.2) is 0 Å². The minimum absolute atomic E-state index is 0.0109. The van der Waals surface area contributed by atoms with Crippen LogP contribution in [0.15, 0.2) is 29.4 Å². The van der Waals surface area contributed by atoms with Gasteiger partial charge in [-0.2, -0.15) is 0 Å². The Morgan fingerprint density at radius 2 is 1.85 bits per heavy atom. The number of piperazine rings is 1. The minimum atomic E-state index is -0.770. The maximum absolute atomic E-state index is 13.9. The first kappa shape index (κ1) is 27.4. The minimum Gasteiger partial charge on any atom is -0.369 e. The molecule has 1 saturated carbocycles. The molecule has 4 atom stereocenters. The zero-order valence-electron chi connectivity index (χ0n) is 22.7. The van der Waals surface area contributed by atoms with Gasteiger partial charge in [0, 0.05) is 48.9 Å². The molecule has 0 spiro atoms. The van der Waals surface area contributed by atoms with Gasteiger partial charge in [-0.05, 0) is 61.5 Å². The molecule has 39 heavy (non-hydrogen) atoms. The van der Waals surface area contributed by atoms with Gasteiger partial charge in [0.25, 0.3) is 5.91 Å². The monoisotopic (exact) mass is 537 g/mol. The summed E-state index contributed by atoms with van der Waals surface area (Å²) in [6.45, 7) is 7.33. The number of carbonyl (C=O) groups excluding carboxylic acids is 3. The molecule has 5 rings (SSSR count). The van der Waals surface area contributed by atoms with Gasteiger partial charge in [-0.15, -0.1) is 0 Å². The summed E-state index contributed by atoms with van der Waals surface area (Å²) >= 11 is 0. The predicted octanol–water partition coefficient (Wildman–Crippen LogP) is 2.75. The lowest BCUT2D eigenvalue weighted by Gasteiger charge is -2.36. The average molecular weight is 538 g/mol. The van der Waals surface area contributed by atoms with Crippen molar-refractivity contribution in [3.63, 3.8) is 0 Å². The van der Waals surface area contributed by atoms with Gasteiger partial charge in [0.1, 0.15) is 18.7 Å². The van der Waals surface area contributed by atoms with E-state index in [4.69, 9.17) is 10.3 Å². The Balaban J connectivity index is 1.29. The molecule has 210 valence electrons. The van der Waals surface area contributed by atoms with Crippen molar-refractivity contribution in [2.24, 2.45) is 11.0 Å². The Hall–Kier alpha value is -3.14. The SMILES string of the molecule is CCCN1CCN(c2ccc(C(=O)N[C@H](C(=O)N3C[C@@H](N=[N+]=[N-])[C@H]4OCC(=O)[C@H]43)C3CCCCC3)cc2)CC1. The normalized spacial score (nSPS) is 26.7. The molecule has 11 nitrogen and oxygen atoms in total. The van der Waals surface area contributed by atoms with Crippen LogP contribution in [-0.4, -0.2) is 97.5 Å². The van der Waals surface area contributed by atoms with E-state index >= 15 is 0 Å². The Kier molecular flexibility index (Phi) is 8.69. The second-order valence-corrected chi connectivity index (χ2v) is 11.2. The quantitative estimate of drug-likeness (QED) is 0.308. The fourth-order valence-electron chi connectivity index (χ4n) is 6.65. The number of carbonyl (C=O) groups is 3. The second kappa shape index (κ2) is 12.4. The van der Waals surface area contributed by atoms with Gasteiger partial charge in [0.05, 0.1) is 12.1 Å². The highest BCUT2D eigenvalue weighted by Gasteiger charge is 2.53. The molecule has 0 bridgehead atoms. The van der Waals surface area contributed by atoms with Crippen molar-refractivity contribution in [2.75, 3.05) is 50.8 Å². The summed E-state index contributed by atoms with van der Waals surface area (Å²) in [7, 11) is 0. The smallest absolute Gasteiger partial charge is 0.251 e. The predicted molar refractivity (Wildman–Crippen MR) is 146 cm³/mol. The molecule has 1 N–H and O–H groups in total. The molecule has 3 aliphatic heterocycles. The van der Waals surface area contributed by atoms with Crippen LogP contribution in [0.25, 0.3) is 10.4 Å². The van der Waals surface area contributed by atoms with Gasteiger partial charge < -0.3 is 19.9 Å². The third-order valence-corrected chi connectivity index (χ3v) is 8.72. The number of benzene rings is 1. The Morgan fingerprint density at radius 3 is 2.51 bits per heavy atom. The highest BCUT2D eigenvalue weighted by molar-refractivity contribution is 5.99. The van der Waals surface area contributed by atoms with Crippen molar-refractivity contribution in [2.45, 2.75) is 69.7 Å². The van der Waals surface area contributed by atoms with Crippen molar-refractivity contribution in [1.82, 2.24) is 15.1 Å². The lowest BCUT2D eigenvalue weighted by atomic mass is 9.83. The lowest BCUT2D eigenvalue weighted by Crippen LogP contribution is -2.55. The van der Waals surface area contributed by atoms with Crippen molar-refractivity contribution < 1.29 is 19.1 Å². The van der Waals surface area contributed by atoms with E-state index in [9.17, 15) is 14.4 Å². The Morgan fingerprint density at radius 1 is 1.13 bits per heavy atom. The van der Waals surface area contributed by atoms with Crippen LogP contribution in [0, 0.1) is 5.92 Å². The van der Waals surface area contributed by atoms with E-state index in [1.165, 1.54) is 4.90 Å². The number of fused-ring (bicyclic) bond motifs is 1. The Bertz CT molecular complexity index is 1090. The molecule has 0 aromatic heterocycles. The second-order valence-electron chi connectivity index (χ2n) is 11.2. The molecular weight excluding hydrogens is 498 g/mol. The topological polar surface area (TPSA) is 131 Å². The van der Waals surface area contributed by atoms with Crippen LogP contribution in [-0.2, 0) is 14.3 Å². The number of azide groups is 1. The number of hydrogen-bond acceptors (Lipinski definition) is 7. The van der Waals surface area contributed by atoms with Crippen molar-refractivity contribution in [1.29, 1.82) is 0 Å². The molecule has 1 aliphatic carbocycles. The first-order valence-corrected chi connectivity index (χ1v) is 14.4. The van der Waals surface area contributed by atoms with E-state index in [1.54, 1.807) is 0 Å². The van der Waals surface area contributed by atoms with Crippen LogP contribution >= 0.6 is 0 Å². The average Bonchev–Trinajstić information content (AvgIpc) is 3.53. The lowest BCUT2D eigenvalue weighted by molar-refractivity contribution is -0.139. The number of anilines is 1. The zero-order valence-corrected chi connectivity index (χ0v) is 22.7. The maximum atomic E-state index is 13.9. The molecule has 1 aromatic rings. The number of nitrogens with one attached hydrogen (secondary N) is 1. The number of nitrogens with zero attached hydrogens (tertiary/aromatic N) is 6. The van der Waals surface area contributed by atoms with Gasteiger partial charge in [0.15, 0.2) is 5.78 Å². The summed E-state index contributed by atoms with van der Waals surface area (Å²) in [5, 5.41) is 6.82. The number of ketones is 1. The van der Waals surface area contributed by atoms with Crippen LogP contribution in [0.5, 0.6) is 0 Å². The van der Waals surface area contributed by atoms with Crippen LogP contribution in [0.1, 0.15) is 55.8 Å². The molecule has 0 unspecified atom stereocenters. The summed E-state index contributed by atoms with van der Waals surface area (Å²) in [5.74, 6) is -0.789. The number of hydrogen-bond donors (Lipinski definition) is 1. The summed E-state index contributed by atoms with van der Waals surface area (Å²) in [6, 6.07) is 5.47. The summed E-state index contributed by atoms with van der Waals surface area (Å²) < 4.78 is 5.59. The first-order valence-electron chi connectivity index (χ1n) is 14.4. The third-order valence-electron chi connectivity index (χ3n) is 8.72. The highest BCUT2D eigenvalue weighted by atomic mass is 16.5. The molecule has 4 aliphatic rings. The molecule has 3 heterocycles. The number of rotatable bonds is 8. The molecule has 4 fully saturated rings. The van der Waals surface area contributed by atoms with Crippen molar-refractivity contribution in [3.8, 4) is 0 Å². The largest absolute Gasteiger partial charge is 0.369 e. The van der Waals surface area contributed by atoms with Gasteiger partial charge >= 0.3 is 0 Å². The summed E-state index contributed by atoms with van der Waals surface area (Å²) in [5.41, 5.74) is 10.6. The maximum Gasteiger partial charge on any atom is 0.251 e. The van der Waals surface area contributed by atoms with Crippen molar-refractivity contribution in [3.05, 3.63) is 40.3 Å². The van der Waals surface area contributed by atoms with Crippen LogP contribution < -0.4 is 10.2 Å². The zero-order chi connectivity index (χ0) is 27.4. The molecular formula is C28H39N7O4. The Labute approximate surface area is 229 Å². The van der Waals surface area contributed by atoms with Crippen LogP contribution in [0.3, 0.4) is 0 Å². The fourth-order valence-corrected chi connectivity index (χ4v) is 6.65. The van der Waals surface area contributed by atoms with Crippen LogP contribution in [0.4, 0.5) is 5.69 Å². The van der Waals surface area contributed by atoms with E-state index in [-0.39, 0.29) is 36.7 Å². The number of likely N-dealkylation sites (tertiary alicyclic amines) is 1. The van der Waals surface area contributed by atoms with Crippen LogP contribution in [0.2, 0.25) is 0 Å². The van der Waals surface area contributed by atoms with Crippen molar-refractivity contribution >= 4 is 23.3 Å². The molecule has 11 heteroatoms. The molecule has 2 amide bonds. The molecule has 0 radical (unpaired) electrons. The molecule has 1 aromatic carbocycles. The summed E-state index contributed by atoms with van der Waals surface area (Å²) in [6.07, 6.45) is 5.32. The standard InChI is InChI=1S/C28H39N7O4/c1-2-12-33-13-15-34(16-14-33)21-10-8-20(9-11-21)27(37)30-24(19-6-4-3-5-7-19)28(38)35-17-22(31-32-29)26-25(35)23(36)18-39-26/h8-11,19,22,24-26H,2-7,12-18H2,1H3,(H,30,37)/t22-,24+,25-,26-/m1/s1. The van der Waals surface area contributed by atoms with Gasteiger partial charge in [0.2, 0.25) is 5.91 Å². The molecule has 3 saturated heterocycles. The van der Waals surface area contributed by atoms with Gasteiger partial charge in [-0.1, -0.05) is 31.3 Å². The fraction of sp³-hybridized carbons (Fsp3) is 0.679. The van der Waals surface area contributed by atoms with E-state index in [1.807, 2.05) is 24.3 Å². The number of Topliss-reactive ketones (excluding diaryl/α,β-unsaturated/α-hetero) is 1. The van der Waals surface area contributed by atoms with E-state index < -0.39 is 24.2 Å². The van der Waals surface area contributed by atoms with E-state index in [2.05, 4.69) is 32.1 Å². The third kappa shape index (κ3) is 5.90. The van der Waals surface area contributed by atoms with Gasteiger partial charge in [-0.3, -0.25) is 19.3 Å². The first-order chi connectivity index (χ1) is 19.0. The number of amides is 2. The van der Waals surface area contributed by atoms with E-state index in [0.717, 1.165) is 76.9 Å².